The Kier molecular flexibility index (Phi) is 4.79. The van der Waals surface area contributed by atoms with Gasteiger partial charge in [0.05, 0.1) is 6.61 Å². The number of aromatic nitrogens is 2. The van der Waals surface area contributed by atoms with E-state index in [1.807, 2.05) is 0 Å². The third kappa shape index (κ3) is 3.94. The van der Waals surface area contributed by atoms with Crippen molar-refractivity contribution in [1.29, 1.82) is 0 Å². The number of hydrogen-bond donors (Lipinski definition) is 3. The number of allylic oxidation sites excluding steroid dienone is 1. The summed E-state index contributed by atoms with van der Waals surface area (Å²) < 4.78 is 37.1. The predicted octanol–water partition coefficient (Wildman–Crippen LogP) is -0.298. The first kappa shape index (κ1) is 20.0. The number of carbonyl (C=O) groups is 1. The highest BCUT2D eigenvalue weighted by atomic mass is 31.2. The second-order valence-electron chi connectivity index (χ2n) is 7.41. The Morgan fingerprint density at radius 3 is 2.62 bits per heavy atom. The van der Waals surface area contributed by atoms with Crippen LogP contribution in [0.2, 0.25) is 0 Å². The number of H-pyrrole nitrogens is 1. The molecule has 29 heavy (non-hydrogen) atoms. The molecule has 4 heterocycles. The summed E-state index contributed by atoms with van der Waals surface area (Å²) in [6.45, 7) is 4.82. The molecule has 5 atom stereocenters. The van der Waals surface area contributed by atoms with Crippen LogP contribution >= 0.6 is 7.67 Å². The third-order valence-corrected chi connectivity index (χ3v) is 6.27. The SMILES string of the molecule is CC1=CC(=O)NP(=O)(OC[C@H]2O[C@@H](n3ccc(=O)[nH]c3=O)[C@@H]3OC(C)(C)O[C@@H]32)N1. The average molecular weight is 428 g/mol. The number of nitrogens with zero attached hydrogens (tertiary/aromatic N) is 1. The van der Waals surface area contributed by atoms with E-state index in [1.54, 1.807) is 20.8 Å². The number of amides is 1. The zero-order chi connectivity index (χ0) is 21.0. The van der Waals surface area contributed by atoms with E-state index in [1.165, 1.54) is 22.9 Å². The van der Waals surface area contributed by atoms with Crippen molar-refractivity contribution >= 4 is 13.6 Å². The summed E-state index contributed by atoms with van der Waals surface area (Å²) >= 11 is 0. The van der Waals surface area contributed by atoms with Gasteiger partial charge in [-0.15, -0.1) is 0 Å². The van der Waals surface area contributed by atoms with Crippen LogP contribution in [0.3, 0.4) is 0 Å². The lowest BCUT2D eigenvalue weighted by Gasteiger charge is -2.27. The first-order chi connectivity index (χ1) is 13.6. The van der Waals surface area contributed by atoms with Crippen LogP contribution < -0.4 is 21.4 Å². The second-order valence-corrected chi connectivity index (χ2v) is 9.22. The molecule has 2 saturated heterocycles. The molecule has 0 aliphatic carbocycles. The van der Waals surface area contributed by atoms with Gasteiger partial charge in [0.1, 0.15) is 18.3 Å². The summed E-state index contributed by atoms with van der Waals surface area (Å²) in [6, 6.07) is 1.19. The number of fused-ring (bicyclic) bond motifs is 1. The molecule has 1 amide bonds. The lowest BCUT2D eigenvalue weighted by Crippen LogP contribution is -2.37. The molecule has 0 saturated carbocycles. The molecule has 158 valence electrons. The molecule has 0 bridgehead atoms. The first-order valence-electron chi connectivity index (χ1n) is 8.91. The van der Waals surface area contributed by atoms with Crippen molar-refractivity contribution in [3.63, 3.8) is 0 Å². The highest BCUT2D eigenvalue weighted by Crippen LogP contribution is 2.45. The minimum Gasteiger partial charge on any atom is -0.346 e. The van der Waals surface area contributed by atoms with Crippen LogP contribution in [-0.4, -0.2) is 46.2 Å². The van der Waals surface area contributed by atoms with E-state index in [-0.39, 0.29) is 6.61 Å². The predicted molar refractivity (Wildman–Crippen MR) is 97.7 cm³/mol. The van der Waals surface area contributed by atoms with E-state index in [9.17, 15) is 18.9 Å². The van der Waals surface area contributed by atoms with Crippen LogP contribution in [0.15, 0.2) is 33.6 Å². The van der Waals surface area contributed by atoms with Crippen LogP contribution in [0.4, 0.5) is 0 Å². The normalized spacial score (nSPS) is 35.6. The molecule has 12 nitrogen and oxygen atoms in total. The minimum atomic E-state index is -3.66. The van der Waals surface area contributed by atoms with Crippen molar-refractivity contribution in [1.82, 2.24) is 19.7 Å². The molecule has 4 rings (SSSR count). The fourth-order valence-corrected chi connectivity index (χ4v) is 4.98. The zero-order valence-electron chi connectivity index (χ0n) is 15.9. The minimum absolute atomic E-state index is 0.201. The number of nitrogens with one attached hydrogen (secondary N) is 3. The summed E-state index contributed by atoms with van der Waals surface area (Å²) in [5.74, 6) is -1.48. The van der Waals surface area contributed by atoms with E-state index < -0.39 is 55.2 Å². The quantitative estimate of drug-likeness (QED) is 0.549. The van der Waals surface area contributed by atoms with Gasteiger partial charge in [0.15, 0.2) is 12.0 Å². The largest absolute Gasteiger partial charge is 0.394 e. The van der Waals surface area contributed by atoms with Gasteiger partial charge in [-0.05, 0) is 20.8 Å². The summed E-state index contributed by atoms with van der Waals surface area (Å²) in [5.41, 5.74) is -0.794. The topological polar surface area (TPSA) is 150 Å². The highest BCUT2D eigenvalue weighted by Gasteiger charge is 2.56. The van der Waals surface area contributed by atoms with Crippen LogP contribution in [0.5, 0.6) is 0 Å². The Labute approximate surface area is 164 Å². The summed E-state index contributed by atoms with van der Waals surface area (Å²) in [7, 11) is -3.66. The number of aromatic amines is 1. The van der Waals surface area contributed by atoms with E-state index in [0.717, 1.165) is 0 Å². The lowest BCUT2D eigenvalue weighted by molar-refractivity contribution is -0.199. The van der Waals surface area contributed by atoms with Gasteiger partial charge in [0.2, 0.25) is 0 Å². The van der Waals surface area contributed by atoms with Crippen molar-refractivity contribution in [2.75, 3.05) is 6.61 Å². The van der Waals surface area contributed by atoms with Gasteiger partial charge >= 0.3 is 13.4 Å². The molecule has 13 heteroatoms. The number of hydrogen-bond acceptors (Lipinski definition) is 8. The molecular formula is C16H21N4O8P. The van der Waals surface area contributed by atoms with Gasteiger partial charge < -0.3 is 19.3 Å². The Morgan fingerprint density at radius 2 is 1.93 bits per heavy atom. The molecule has 3 N–H and O–H groups in total. The summed E-state index contributed by atoms with van der Waals surface area (Å²) in [6.07, 6.45) is -0.370. The van der Waals surface area contributed by atoms with Crippen LogP contribution in [0.25, 0.3) is 0 Å². The average Bonchev–Trinajstić information content (AvgIpc) is 3.05. The number of rotatable bonds is 4. The van der Waals surface area contributed by atoms with Crippen molar-refractivity contribution in [2.45, 2.75) is 51.1 Å². The smallest absolute Gasteiger partial charge is 0.346 e. The van der Waals surface area contributed by atoms with Gasteiger partial charge in [-0.3, -0.25) is 28.8 Å². The molecule has 1 unspecified atom stereocenters. The lowest BCUT2D eigenvalue weighted by atomic mass is 10.1. The number of carbonyl (C=O) groups excluding carboxylic acids is 1. The molecule has 0 aromatic carbocycles. The van der Waals surface area contributed by atoms with Gasteiger partial charge in [-0.25, -0.2) is 9.36 Å². The number of ether oxygens (including phenoxy) is 3. The molecule has 1 aromatic rings. The summed E-state index contributed by atoms with van der Waals surface area (Å²) in [5, 5.41) is 4.89. The zero-order valence-corrected chi connectivity index (χ0v) is 16.8. The Morgan fingerprint density at radius 1 is 1.21 bits per heavy atom. The van der Waals surface area contributed by atoms with E-state index in [4.69, 9.17) is 18.7 Å². The highest BCUT2D eigenvalue weighted by molar-refractivity contribution is 7.55. The van der Waals surface area contributed by atoms with Gasteiger partial charge in [0.25, 0.3) is 11.5 Å². The van der Waals surface area contributed by atoms with Crippen LogP contribution in [0, 0.1) is 0 Å². The van der Waals surface area contributed by atoms with Crippen molar-refractivity contribution in [3.8, 4) is 0 Å². The van der Waals surface area contributed by atoms with E-state index in [2.05, 4.69) is 15.2 Å². The third-order valence-electron chi connectivity index (χ3n) is 4.60. The van der Waals surface area contributed by atoms with E-state index >= 15 is 0 Å². The Hall–Kier alpha value is -2.24. The Bertz CT molecular complexity index is 1030. The fourth-order valence-electron chi connectivity index (χ4n) is 3.55. The maximum atomic E-state index is 12.7. The maximum absolute atomic E-state index is 12.7. The van der Waals surface area contributed by atoms with Crippen LogP contribution in [0.1, 0.15) is 27.0 Å². The molecule has 2 fully saturated rings. The van der Waals surface area contributed by atoms with Gasteiger partial charge in [0, 0.05) is 24.0 Å². The fraction of sp³-hybridized carbons (Fsp3) is 0.562. The van der Waals surface area contributed by atoms with Crippen molar-refractivity contribution < 1.29 is 28.1 Å². The Balaban J connectivity index is 1.56. The standard InChI is InChI=1S/C16H21N4O8P/c1-8-6-11(22)19-29(24,18-8)25-7-9-12-13(28-16(2,3)27-12)14(26-9)20-5-4-10(21)17-15(20)23/h4-6,9,12-14H,7H2,1-3H3,(H,17,21,23)(H2,18,19,22,24)/t9-,12-,13-,14-,29?/m1/s1. The van der Waals surface area contributed by atoms with Crippen molar-refractivity contribution in [3.05, 3.63) is 44.9 Å². The van der Waals surface area contributed by atoms with Crippen molar-refractivity contribution in [2.24, 2.45) is 0 Å². The van der Waals surface area contributed by atoms with E-state index in [0.29, 0.717) is 5.70 Å². The first-order valence-corrected chi connectivity index (χ1v) is 10.5. The summed E-state index contributed by atoms with van der Waals surface area (Å²) in [4.78, 5) is 37.4. The van der Waals surface area contributed by atoms with Crippen LogP contribution in [-0.2, 0) is 28.1 Å². The molecular weight excluding hydrogens is 407 g/mol. The molecule has 0 radical (unpaired) electrons. The molecule has 3 aliphatic rings. The molecule has 1 aromatic heterocycles. The molecule has 0 spiro atoms. The maximum Gasteiger partial charge on any atom is 0.394 e. The van der Waals surface area contributed by atoms with Gasteiger partial charge in [-0.1, -0.05) is 0 Å². The molecule has 3 aliphatic heterocycles. The second kappa shape index (κ2) is 6.92. The monoisotopic (exact) mass is 428 g/mol. The van der Waals surface area contributed by atoms with Gasteiger partial charge in [-0.2, -0.15) is 0 Å².